The third kappa shape index (κ3) is 5.32. The molecule has 5 nitrogen and oxygen atoms in total. The summed E-state index contributed by atoms with van der Waals surface area (Å²) < 4.78 is 12.7. The number of rotatable bonds is 6. The second-order valence-corrected chi connectivity index (χ2v) is 4.65. The Bertz CT molecular complexity index is 630. The lowest BCUT2D eigenvalue weighted by atomic mass is 10.2. The number of amides is 2. The Morgan fingerprint density at radius 2 is 1.73 bits per heavy atom. The summed E-state index contributed by atoms with van der Waals surface area (Å²) in [5.74, 6) is -0.883. The number of halogens is 1. The van der Waals surface area contributed by atoms with Gasteiger partial charge in [0.2, 0.25) is 11.8 Å². The van der Waals surface area contributed by atoms with Crippen LogP contribution in [-0.4, -0.2) is 16.8 Å². The molecule has 0 radical (unpaired) electrons. The molecule has 6 heteroatoms. The first kappa shape index (κ1) is 15.6. The molecule has 0 aliphatic rings. The molecular weight excluding hydrogens is 285 g/mol. The third-order valence-electron chi connectivity index (χ3n) is 2.90. The minimum Gasteiger partial charge on any atom is -0.350 e. The highest BCUT2D eigenvalue weighted by atomic mass is 19.1. The van der Waals surface area contributed by atoms with Crippen molar-refractivity contribution in [1.29, 1.82) is 0 Å². The van der Waals surface area contributed by atoms with Gasteiger partial charge in [-0.25, -0.2) is 4.39 Å². The van der Waals surface area contributed by atoms with E-state index in [9.17, 15) is 14.0 Å². The van der Waals surface area contributed by atoms with Gasteiger partial charge in [-0.1, -0.05) is 6.07 Å². The summed E-state index contributed by atoms with van der Waals surface area (Å²) in [7, 11) is 0. The molecule has 1 aromatic heterocycles. The van der Waals surface area contributed by atoms with E-state index in [1.807, 2.05) is 12.1 Å². The second kappa shape index (κ2) is 7.87. The highest BCUT2D eigenvalue weighted by Crippen LogP contribution is 2.08. The van der Waals surface area contributed by atoms with Gasteiger partial charge < -0.3 is 10.6 Å². The van der Waals surface area contributed by atoms with Crippen LogP contribution in [0.3, 0.4) is 0 Å². The monoisotopic (exact) mass is 301 g/mol. The van der Waals surface area contributed by atoms with Crippen molar-refractivity contribution < 1.29 is 14.0 Å². The van der Waals surface area contributed by atoms with Crippen LogP contribution in [0.4, 0.5) is 10.1 Å². The Hall–Kier alpha value is -2.76. The number of anilines is 1. The summed E-state index contributed by atoms with van der Waals surface area (Å²) >= 11 is 0. The second-order valence-electron chi connectivity index (χ2n) is 4.65. The molecule has 1 heterocycles. The molecule has 114 valence electrons. The third-order valence-corrected chi connectivity index (χ3v) is 2.90. The predicted molar refractivity (Wildman–Crippen MR) is 80.3 cm³/mol. The van der Waals surface area contributed by atoms with E-state index in [0.29, 0.717) is 12.2 Å². The van der Waals surface area contributed by atoms with E-state index in [2.05, 4.69) is 15.6 Å². The topological polar surface area (TPSA) is 71.1 Å². The van der Waals surface area contributed by atoms with Gasteiger partial charge in [-0.2, -0.15) is 0 Å². The van der Waals surface area contributed by atoms with Crippen LogP contribution in [-0.2, 0) is 16.1 Å². The van der Waals surface area contributed by atoms with Gasteiger partial charge in [0.15, 0.2) is 0 Å². The average molecular weight is 301 g/mol. The summed E-state index contributed by atoms with van der Waals surface area (Å²) in [6, 6.07) is 10.9. The van der Waals surface area contributed by atoms with E-state index in [0.717, 1.165) is 5.69 Å². The molecule has 0 spiro atoms. The zero-order valence-corrected chi connectivity index (χ0v) is 11.9. The smallest absolute Gasteiger partial charge is 0.224 e. The molecule has 0 atom stereocenters. The first-order chi connectivity index (χ1) is 10.6. The molecule has 22 heavy (non-hydrogen) atoms. The molecule has 2 amide bonds. The van der Waals surface area contributed by atoms with Crippen molar-refractivity contribution in [3.63, 3.8) is 0 Å². The Morgan fingerprint density at radius 1 is 1.00 bits per heavy atom. The number of carbonyl (C=O) groups is 2. The van der Waals surface area contributed by atoms with Crippen LogP contribution in [0.2, 0.25) is 0 Å². The van der Waals surface area contributed by atoms with Crippen LogP contribution in [0.1, 0.15) is 18.5 Å². The molecule has 0 fully saturated rings. The predicted octanol–water partition coefficient (Wildman–Crippen LogP) is 2.26. The fourth-order valence-corrected chi connectivity index (χ4v) is 1.76. The van der Waals surface area contributed by atoms with Gasteiger partial charge >= 0.3 is 0 Å². The Balaban J connectivity index is 1.69. The summed E-state index contributed by atoms with van der Waals surface area (Å²) in [5, 5.41) is 5.29. The molecule has 0 saturated heterocycles. The molecule has 0 saturated carbocycles. The molecule has 0 aliphatic heterocycles. The first-order valence-corrected chi connectivity index (χ1v) is 6.85. The quantitative estimate of drug-likeness (QED) is 0.859. The van der Waals surface area contributed by atoms with E-state index >= 15 is 0 Å². The maximum atomic E-state index is 12.7. The number of aromatic nitrogens is 1. The lowest BCUT2D eigenvalue weighted by Gasteiger charge is -2.06. The fraction of sp³-hybridized carbons (Fsp3) is 0.188. The standard InChI is InChI=1S/C16H16FN3O2/c17-12-4-6-13(7-5-12)20-16(22)9-8-15(21)19-11-14-3-1-2-10-18-14/h1-7,10H,8-9,11H2,(H,19,21)(H,20,22). The number of nitrogens with zero attached hydrogens (tertiary/aromatic N) is 1. The fourth-order valence-electron chi connectivity index (χ4n) is 1.76. The molecular formula is C16H16FN3O2. The molecule has 2 N–H and O–H groups in total. The number of benzene rings is 1. The Morgan fingerprint density at radius 3 is 2.41 bits per heavy atom. The normalized spacial score (nSPS) is 10.0. The summed E-state index contributed by atoms with van der Waals surface area (Å²) in [6.45, 7) is 0.333. The summed E-state index contributed by atoms with van der Waals surface area (Å²) in [6.07, 6.45) is 1.79. The maximum Gasteiger partial charge on any atom is 0.224 e. The van der Waals surface area contributed by atoms with E-state index in [-0.39, 0.29) is 30.5 Å². The van der Waals surface area contributed by atoms with Crippen LogP contribution in [0.25, 0.3) is 0 Å². The Kier molecular flexibility index (Phi) is 5.59. The van der Waals surface area contributed by atoms with Gasteiger partial charge in [0.1, 0.15) is 5.82 Å². The highest BCUT2D eigenvalue weighted by molar-refractivity contribution is 5.93. The number of hydrogen-bond donors (Lipinski definition) is 2. The van der Waals surface area contributed by atoms with Crippen LogP contribution < -0.4 is 10.6 Å². The molecule has 0 bridgehead atoms. The van der Waals surface area contributed by atoms with Crippen molar-refractivity contribution in [3.05, 3.63) is 60.2 Å². The van der Waals surface area contributed by atoms with Gasteiger partial charge in [-0.05, 0) is 36.4 Å². The van der Waals surface area contributed by atoms with Crippen molar-refractivity contribution in [3.8, 4) is 0 Å². The number of hydrogen-bond acceptors (Lipinski definition) is 3. The van der Waals surface area contributed by atoms with Crippen LogP contribution in [0.5, 0.6) is 0 Å². The van der Waals surface area contributed by atoms with Crippen molar-refractivity contribution in [1.82, 2.24) is 10.3 Å². The SMILES string of the molecule is O=C(CCC(=O)Nc1ccc(F)cc1)NCc1ccccn1. The van der Waals surface area contributed by atoms with Gasteiger partial charge in [-0.15, -0.1) is 0 Å². The van der Waals surface area contributed by atoms with Crippen molar-refractivity contribution >= 4 is 17.5 Å². The number of carbonyl (C=O) groups excluding carboxylic acids is 2. The summed E-state index contributed by atoms with van der Waals surface area (Å²) in [4.78, 5) is 27.4. The molecule has 2 aromatic rings. The van der Waals surface area contributed by atoms with Crippen LogP contribution in [0.15, 0.2) is 48.7 Å². The van der Waals surface area contributed by atoms with Gasteiger partial charge in [-0.3, -0.25) is 14.6 Å². The number of nitrogens with one attached hydrogen (secondary N) is 2. The van der Waals surface area contributed by atoms with Crippen molar-refractivity contribution in [2.75, 3.05) is 5.32 Å². The number of pyridine rings is 1. The lowest BCUT2D eigenvalue weighted by molar-refractivity contribution is -0.124. The van der Waals surface area contributed by atoms with E-state index in [4.69, 9.17) is 0 Å². The Labute approximate surface area is 127 Å². The van der Waals surface area contributed by atoms with Crippen molar-refractivity contribution in [2.45, 2.75) is 19.4 Å². The zero-order chi connectivity index (χ0) is 15.8. The van der Waals surface area contributed by atoms with E-state index < -0.39 is 0 Å². The van der Waals surface area contributed by atoms with E-state index in [1.54, 1.807) is 12.3 Å². The maximum absolute atomic E-state index is 12.7. The van der Waals surface area contributed by atoms with Gasteiger partial charge in [0.25, 0.3) is 0 Å². The average Bonchev–Trinajstić information content (AvgIpc) is 2.54. The van der Waals surface area contributed by atoms with Gasteiger partial charge in [0, 0.05) is 24.7 Å². The minimum atomic E-state index is -0.369. The zero-order valence-electron chi connectivity index (χ0n) is 11.9. The summed E-state index contributed by atoms with van der Waals surface area (Å²) in [5.41, 5.74) is 1.26. The first-order valence-electron chi connectivity index (χ1n) is 6.85. The van der Waals surface area contributed by atoms with E-state index in [1.165, 1.54) is 24.3 Å². The molecule has 2 rings (SSSR count). The van der Waals surface area contributed by atoms with Crippen LogP contribution >= 0.6 is 0 Å². The van der Waals surface area contributed by atoms with Crippen LogP contribution in [0, 0.1) is 5.82 Å². The van der Waals surface area contributed by atoms with Crippen molar-refractivity contribution in [2.24, 2.45) is 0 Å². The largest absolute Gasteiger partial charge is 0.350 e. The lowest BCUT2D eigenvalue weighted by Crippen LogP contribution is -2.24. The molecule has 0 unspecified atom stereocenters. The minimum absolute atomic E-state index is 0.0609. The van der Waals surface area contributed by atoms with Gasteiger partial charge in [0.05, 0.1) is 12.2 Å². The molecule has 1 aromatic carbocycles. The molecule has 0 aliphatic carbocycles. The highest BCUT2D eigenvalue weighted by Gasteiger charge is 2.07.